The third-order valence-corrected chi connectivity index (χ3v) is 2.30. The fourth-order valence-corrected chi connectivity index (χ4v) is 1.43. The van der Waals surface area contributed by atoms with Crippen LogP contribution in [0, 0.1) is 0 Å². The Kier molecular flexibility index (Phi) is 6.29. The number of hydroxylamine groups is 1. The van der Waals surface area contributed by atoms with E-state index in [0.717, 1.165) is 12.0 Å². The number of rotatable bonds is 7. The topological polar surface area (TPSA) is 47.6 Å². The molecular formula is C13H19NO3. The number of carbonyl (C=O) groups excluding carboxylic acids is 1. The Labute approximate surface area is 102 Å². The third-order valence-electron chi connectivity index (χ3n) is 2.30. The van der Waals surface area contributed by atoms with Crippen molar-refractivity contribution in [3.05, 3.63) is 35.9 Å². The highest BCUT2D eigenvalue weighted by Gasteiger charge is 2.19. The molecule has 1 aromatic carbocycles. The molecule has 0 heterocycles. The maximum atomic E-state index is 11.5. The average Bonchev–Trinajstić information content (AvgIpc) is 2.38. The summed E-state index contributed by atoms with van der Waals surface area (Å²) in [5.41, 5.74) is 3.81. The minimum Gasteiger partial charge on any atom is -0.468 e. The van der Waals surface area contributed by atoms with Gasteiger partial charge < -0.3 is 9.57 Å². The Hall–Kier alpha value is -1.39. The Morgan fingerprint density at radius 2 is 2.06 bits per heavy atom. The molecule has 0 aliphatic heterocycles. The van der Waals surface area contributed by atoms with Crippen molar-refractivity contribution < 1.29 is 14.4 Å². The molecule has 0 aliphatic rings. The van der Waals surface area contributed by atoms with E-state index < -0.39 is 6.04 Å². The number of carbonyl (C=O) groups is 1. The number of hydrogen-bond donors (Lipinski definition) is 1. The number of esters is 1. The van der Waals surface area contributed by atoms with Gasteiger partial charge in [-0.3, -0.25) is 4.79 Å². The maximum Gasteiger partial charge on any atom is 0.325 e. The highest BCUT2D eigenvalue weighted by Crippen LogP contribution is 2.04. The first-order valence-corrected chi connectivity index (χ1v) is 5.77. The van der Waals surface area contributed by atoms with Crippen LogP contribution in [-0.2, 0) is 20.8 Å². The van der Waals surface area contributed by atoms with E-state index in [4.69, 9.17) is 9.57 Å². The molecule has 1 rings (SSSR count). The quantitative estimate of drug-likeness (QED) is 0.445. The van der Waals surface area contributed by atoms with E-state index in [1.165, 1.54) is 7.11 Å². The second-order valence-corrected chi connectivity index (χ2v) is 3.73. The molecule has 0 unspecified atom stereocenters. The molecule has 0 saturated heterocycles. The minimum atomic E-state index is -0.464. The van der Waals surface area contributed by atoms with Crippen molar-refractivity contribution in [1.82, 2.24) is 5.48 Å². The second-order valence-electron chi connectivity index (χ2n) is 3.73. The van der Waals surface area contributed by atoms with Gasteiger partial charge in [0.1, 0.15) is 6.04 Å². The summed E-state index contributed by atoms with van der Waals surface area (Å²) in [6, 6.07) is 9.30. The molecule has 0 saturated carbocycles. The minimum absolute atomic E-state index is 0.315. The van der Waals surface area contributed by atoms with E-state index in [1.54, 1.807) is 0 Å². The van der Waals surface area contributed by atoms with Crippen molar-refractivity contribution >= 4 is 5.97 Å². The van der Waals surface area contributed by atoms with Crippen LogP contribution in [0.15, 0.2) is 30.3 Å². The van der Waals surface area contributed by atoms with E-state index in [0.29, 0.717) is 13.0 Å². The van der Waals surface area contributed by atoms with Gasteiger partial charge in [0, 0.05) is 6.42 Å². The van der Waals surface area contributed by atoms with E-state index in [9.17, 15) is 4.79 Å². The zero-order chi connectivity index (χ0) is 12.5. The van der Waals surface area contributed by atoms with Gasteiger partial charge in [0.15, 0.2) is 0 Å². The average molecular weight is 237 g/mol. The Morgan fingerprint density at radius 3 is 2.65 bits per heavy atom. The largest absolute Gasteiger partial charge is 0.468 e. The van der Waals surface area contributed by atoms with Crippen LogP contribution >= 0.6 is 0 Å². The maximum absolute atomic E-state index is 11.5. The Bertz CT molecular complexity index is 327. The van der Waals surface area contributed by atoms with Gasteiger partial charge in [-0.25, -0.2) is 0 Å². The van der Waals surface area contributed by atoms with Gasteiger partial charge in [0.25, 0.3) is 0 Å². The number of methoxy groups -OCH3 is 1. The lowest BCUT2D eigenvalue weighted by atomic mass is 10.1. The van der Waals surface area contributed by atoms with Crippen molar-refractivity contribution in [2.24, 2.45) is 0 Å². The molecule has 0 spiro atoms. The van der Waals surface area contributed by atoms with Crippen LogP contribution in [0.2, 0.25) is 0 Å². The van der Waals surface area contributed by atoms with Gasteiger partial charge in [0.05, 0.1) is 13.7 Å². The molecule has 4 nitrogen and oxygen atoms in total. The SMILES string of the molecule is CCCON[C@@H](Cc1ccccc1)C(=O)OC. The molecule has 0 aromatic heterocycles. The van der Waals surface area contributed by atoms with Gasteiger partial charge in [-0.2, -0.15) is 5.48 Å². The normalized spacial score (nSPS) is 12.1. The molecular weight excluding hydrogens is 218 g/mol. The fourth-order valence-electron chi connectivity index (χ4n) is 1.43. The van der Waals surface area contributed by atoms with Gasteiger partial charge in [-0.15, -0.1) is 0 Å². The lowest BCUT2D eigenvalue weighted by Crippen LogP contribution is -2.39. The lowest BCUT2D eigenvalue weighted by Gasteiger charge is -2.16. The summed E-state index contributed by atoms with van der Waals surface area (Å²) in [6.45, 7) is 2.58. The first-order valence-electron chi connectivity index (χ1n) is 5.77. The van der Waals surface area contributed by atoms with E-state index in [2.05, 4.69) is 5.48 Å². The molecule has 0 radical (unpaired) electrons. The van der Waals surface area contributed by atoms with Crippen LogP contribution in [0.4, 0.5) is 0 Å². The molecule has 94 valence electrons. The summed E-state index contributed by atoms with van der Waals surface area (Å²) in [6.07, 6.45) is 1.45. The highest BCUT2D eigenvalue weighted by molar-refractivity contribution is 5.75. The van der Waals surface area contributed by atoms with E-state index >= 15 is 0 Å². The lowest BCUT2D eigenvalue weighted by molar-refractivity contribution is -0.147. The summed E-state index contributed by atoms with van der Waals surface area (Å²) in [4.78, 5) is 16.7. The molecule has 0 bridgehead atoms. The summed E-state index contributed by atoms with van der Waals surface area (Å²) < 4.78 is 4.73. The number of nitrogens with one attached hydrogen (secondary N) is 1. The molecule has 1 aromatic rings. The molecule has 1 N–H and O–H groups in total. The Balaban J connectivity index is 2.54. The molecule has 0 fully saturated rings. The summed E-state index contributed by atoms with van der Waals surface area (Å²) in [5.74, 6) is -0.315. The van der Waals surface area contributed by atoms with Gasteiger partial charge >= 0.3 is 5.97 Å². The molecule has 0 amide bonds. The summed E-state index contributed by atoms with van der Waals surface area (Å²) in [5, 5.41) is 0. The Morgan fingerprint density at radius 1 is 1.35 bits per heavy atom. The van der Waals surface area contributed by atoms with Crippen molar-refractivity contribution in [3.63, 3.8) is 0 Å². The number of hydrogen-bond acceptors (Lipinski definition) is 4. The molecule has 4 heteroatoms. The van der Waals surface area contributed by atoms with Crippen LogP contribution in [0.1, 0.15) is 18.9 Å². The highest BCUT2D eigenvalue weighted by atomic mass is 16.6. The van der Waals surface area contributed by atoms with Crippen LogP contribution in [-0.4, -0.2) is 25.7 Å². The first kappa shape index (κ1) is 13.7. The third kappa shape index (κ3) is 4.97. The van der Waals surface area contributed by atoms with Crippen molar-refractivity contribution in [3.8, 4) is 0 Å². The van der Waals surface area contributed by atoms with Crippen molar-refractivity contribution in [1.29, 1.82) is 0 Å². The predicted octanol–water partition coefficient (Wildman–Crippen LogP) is 1.70. The van der Waals surface area contributed by atoms with Gasteiger partial charge in [0.2, 0.25) is 0 Å². The smallest absolute Gasteiger partial charge is 0.325 e. The first-order chi connectivity index (χ1) is 8.27. The van der Waals surface area contributed by atoms with E-state index in [1.807, 2.05) is 37.3 Å². The summed E-state index contributed by atoms with van der Waals surface area (Å²) in [7, 11) is 1.38. The van der Waals surface area contributed by atoms with Gasteiger partial charge in [-0.1, -0.05) is 37.3 Å². The van der Waals surface area contributed by atoms with Crippen LogP contribution < -0.4 is 5.48 Å². The zero-order valence-electron chi connectivity index (χ0n) is 10.3. The van der Waals surface area contributed by atoms with Crippen LogP contribution in [0.25, 0.3) is 0 Å². The zero-order valence-corrected chi connectivity index (χ0v) is 10.3. The van der Waals surface area contributed by atoms with Crippen LogP contribution in [0.3, 0.4) is 0 Å². The standard InChI is InChI=1S/C13H19NO3/c1-3-9-17-14-12(13(15)16-2)10-11-7-5-4-6-8-11/h4-8,12,14H,3,9-10H2,1-2H3/t12-/m0/s1. The van der Waals surface area contributed by atoms with Crippen LogP contribution in [0.5, 0.6) is 0 Å². The predicted molar refractivity (Wildman–Crippen MR) is 65.3 cm³/mol. The second kappa shape index (κ2) is 7.81. The molecule has 17 heavy (non-hydrogen) atoms. The number of benzene rings is 1. The van der Waals surface area contributed by atoms with Crippen molar-refractivity contribution in [2.75, 3.05) is 13.7 Å². The van der Waals surface area contributed by atoms with Gasteiger partial charge in [-0.05, 0) is 12.0 Å². The molecule has 1 atom stereocenters. The monoisotopic (exact) mass is 237 g/mol. The van der Waals surface area contributed by atoms with Crippen molar-refractivity contribution in [2.45, 2.75) is 25.8 Å². The van der Waals surface area contributed by atoms with E-state index in [-0.39, 0.29) is 5.97 Å². The molecule has 0 aliphatic carbocycles. The fraction of sp³-hybridized carbons (Fsp3) is 0.462. The summed E-state index contributed by atoms with van der Waals surface area (Å²) >= 11 is 0. The number of ether oxygens (including phenoxy) is 1.